The summed E-state index contributed by atoms with van der Waals surface area (Å²) in [5, 5.41) is 0. The Hall–Kier alpha value is 2.81. The minimum atomic E-state index is 0. The summed E-state index contributed by atoms with van der Waals surface area (Å²) >= 11 is 4.28. The molecule has 0 aliphatic carbocycles. The van der Waals surface area contributed by atoms with Gasteiger partial charge in [0.05, 0.1) is 0 Å². The molecule has 5 heteroatoms. The van der Waals surface area contributed by atoms with Crippen molar-refractivity contribution in [3.8, 4) is 0 Å². The Morgan fingerprint density at radius 3 is 1.20 bits per heavy atom. The molecule has 0 aromatic carbocycles. The maximum atomic E-state index is 2.35. The Balaban J connectivity index is -0.00000000167. The van der Waals surface area contributed by atoms with Crippen LogP contribution in [-0.2, 0) is 82.6 Å². The molecule has 0 fully saturated rings. The van der Waals surface area contributed by atoms with Crippen molar-refractivity contribution in [3.63, 3.8) is 0 Å². The van der Waals surface area contributed by atoms with Crippen molar-refractivity contribution >= 4 is 0 Å². The van der Waals surface area contributed by atoms with Crippen LogP contribution < -0.4 is 0 Å². The molecule has 0 saturated heterocycles. The van der Waals surface area contributed by atoms with Crippen LogP contribution in [0.3, 0.4) is 0 Å². The van der Waals surface area contributed by atoms with Gasteiger partial charge in [-0.05, 0) is 0 Å². The normalized spacial score (nSPS) is 1.40. The molecule has 0 amide bonds. The molecule has 0 spiro atoms. The first-order chi connectivity index (χ1) is 1.00. The molecule has 0 atom stereocenters. The van der Waals surface area contributed by atoms with Crippen LogP contribution in [0.25, 0.3) is 0 Å². The SMILES string of the molecule is [Cu].[Fe].[Ni].[Ru][Ir]. The van der Waals surface area contributed by atoms with E-state index in [-0.39, 0.29) is 50.6 Å². The topological polar surface area (TPSA) is 0 Å². The second-order valence-corrected chi connectivity index (χ2v) is 0. The Labute approximate surface area is 81.4 Å². The van der Waals surface area contributed by atoms with Crippen molar-refractivity contribution in [2.45, 2.75) is 0 Å². The van der Waals surface area contributed by atoms with E-state index in [1.807, 2.05) is 16.3 Å². The molecule has 0 heterocycles. The van der Waals surface area contributed by atoms with Gasteiger partial charge < -0.3 is 0 Å². The predicted molar refractivity (Wildman–Crippen MR) is 0 cm³/mol. The van der Waals surface area contributed by atoms with Gasteiger partial charge in [0, 0.05) is 50.6 Å². The van der Waals surface area contributed by atoms with Crippen LogP contribution in [0.4, 0.5) is 0 Å². The van der Waals surface area contributed by atoms with E-state index in [0.717, 1.165) is 0 Å². The molecular weight excluding hydrogens is 471 g/mol. The Kier molecular flexibility index (Phi) is 146. The first-order valence-corrected chi connectivity index (χ1v) is 5.71. The fraction of sp³-hybridized carbons (Fsp3) is 0. The van der Waals surface area contributed by atoms with Gasteiger partial charge in [-0.15, -0.1) is 0 Å². The molecule has 0 aromatic rings. The van der Waals surface area contributed by atoms with Gasteiger partial charge in [0.1, 0.15) is 0 Å². The first-order valence-electron chi connectivity index (χ1n) is 0.118. The van der Waals surface area contributed by atoms with Gasteiger partial charge in [-0.25, -0.2) is 0 Å². The fourth-order valence-electron chi connectivity index (χ4n) is 0. The van der Waals surface area contributed by atoms with Crippen LogP contribution in [0.5, 0.6) is 0 Å². The van der Waals surface area contributed by atoms with Crippen LogP contribution in [0.15, 0.2) is 0 Å². The standard InChI is InChI=1S/Cu.Fe.Ir.Ni.Ru. The number of hydrogen-bond acceptors (Lipinski definition) is 0. The predicted octanol–water partition coefficient (Wildman–Crippen LogP) is -0.0125. The van der Waals surface area contributed by atoms with E-state index in [1.54, 1.807) is 0 Å². The van der Waals surface area contributed by atoms with Gasteiger partial charge in [0.2, 0.25) is 0 Å². The molecule has 1 radical (unpaired) electrons. The summed E-state index contributed by atoms with van der Waals surface area (Å²) in [6.07, 6.45) is 0. The third-order valence-corrected chi connectivity index (χ3v) is 0. The molecular formula is CuFeIrNiRu. The molecule has 5 heavy (non-hydrogen) atoms. The van der Waals surface area contributed by atoms with Gasteiger partial charge in [-0.3, -0.25) is 0 Å². The van der Waals surface area contributed by atoms with Crippen LogP contribution in [0, 0.1) is 0 Å². The van der Waals surface area contributed by atoms with Crippen LogP contribution in [0.1, 0.15) is 0 Å². The zero-order chi connectivity index (χ0) is 2.00. The molecule has 0 saturated carbocycles. The average molecular weight is 471 g/mol. The summed E-state index contributed by atoms with van der Waals surface area (Å²) in [5.41, 5.74) is 0. The molecule has 0 aliphatic rings. The maximum absolute atomic E-state index is 2.35. The van der Waals surface area contributed by atoms with E-state index in [0.29, 0.717) is 0 Å². The van der Waals surface area contributed by atoms with Crippen LogP contribution in [0.2, 0.25) is 0 Å². The van der Waals surface area contributed by atoms with E-state index in [9.17, 15) is 0 Å². The van der Waals surface area contributed by atoms with Crippen molar-refractivity contribution in [2.75, 3.05) is 0 Å². The van der Waals surface area contributed by atoms with Gasteiger partial charge in [-0.1, -0.05) is 0 Å². The van der Waals surface area contributed by atoms with Crippen LogP contribution in [-0.4, -0.2) is 0 Å². The molecule has 0 bridgehead atoms. The first kappa shape index (κ1) is 25.0. The fourth-order valence-corrected chi connectivity index (χ4v) is 0. The Morgan fingerprint density at radius 1 is 1.20 bits per heavy atom. The van der Waals surface area contributed by atoms with Crippen molar-refractivity contribution in [2.24, 2.45) is 0 Å². The molecule has 0 aromatic heterocycles. The van der Waals surface area contributed by atoms with E-state index in [2.05, 4.69) is 15.7 Å². The van der Waals surface area contributed by atoms with Gasteiger partial charge in [-0.2, -0.15) is 0 Å². The minimum absolute atomic E-state index is 0. The van der Waals surface area contributed by atoms with Crippen molar-refractivity contribution in [1.29, 1.82) is 0 Å². The molecule has 0 aliphatic heterocycles. The Bertz CT molecular complexity index is 11.6. The third kappa shape index (κ3) is 20.0. The molecule has 0 nitrogen and oxygen atoms in total. The van der Waals surface area contributed by atoms with Crippen molar-refractivity contribution < 1.29 is 82.6 Å². The van der Waals surface area contributed by atoms with Crippen molar-refractivity contribution in [1.82, 2.24) is 0 Å². The van der Waals surface area contributed by atoms with E-state index >= 15 is 0 Å². The van der Waals surface area contributed by atoms with E-state index in [1.165, 1.54) is 0 Å². The second kappa shape index (κ2) is 29.1. The summed E-state index contributed by atoms with van der Waals surface area (Å²) in [6.45, 7) is 0. The number of hydrogen-bond donors (Lipinski definition) is 0. The summed E-state index contributed by atoms with van der Waals surface area (Å²) < 4.78 is 0. The van der Waals surface area contributed by atoms with Gasteiger partial charge in [0.25, 0.3) is 0 Å². The summed E-state index contributed by atoms with van der Waals surface area (Å²) in [4.78, 5) is 0. The number of rotatable bonds is 0. The molecule has 0 unspecified atom stereocenters. The zero-order valence-electron chi connectivity index (χ0n) is 1.66. The zero-order valence-corrected chi connectivity index (χ0v) is 8.82. The van der Waals surface area contributed by atoms with E-state index in [4.69, 9.17) is 0 Å². The quantitative estimate of drug-likeness (QED) is 0.437. The summed E-state index contributed by atoms with van der Waals surface area (Å²) in [5.74, 6) is 0. The summed E-state index contributed by atoms with van der Waals surface area (Å²) in [6, 6.07) is 0. The van der Waals surface area contributed by atoms with Crippen LogP contribution >= 0.6 is 0 Å². The molecule has 0 N–H and O–H groups in total. The monoisotopic (exact) mass is 472 g/mol. The third-order valence-electron chi connectivity index (χ3n) is 0. The van der Waals surface area contributed by atoms with Crippen molar-refractivity contribution in [3.05, 3.63) is 0 Å². The summed E-state index contributed by atoms with van der Waals surface area (Å²) in [7, 11) is 0. The van der Waals surface area contributed by atoms with Gasteiger partial charge >= 0.3 is 32.0 Å². The second-order valence-electron chi connectivity index (χ2n) is 0. The average Bonchev–Trinajstić information content (AvgIpc) is 1.00. The van der Waals surface area contributed by atoms with Gasteiger partial charge in [0.15, 0.2) is 0 Å². The molecule has 46 valence electrons. The Morgan fingerprint density at radius 2 is 1.20 bits per heavy atom. The van der Waals surface area contributed by atoms with E-state index < -0.39 is 0 Å². The molecule has 0 rings (SSSR count).